The van der Waals surface area contributed by atoms with Gasteiger partial charge in [0, 0.05) is 22.1 Å². The molecule has 0 spiro atoms. The molecule has 0 fully saturated rings. The molecule has 1 aliphatic carbocycles. The Labute approximate surface area is 191 Å². The third kappa shape index (κ3) is 2.79. The van der Waals surface area contributed by atoms with Crippen LogP contribution >= 0.6 is 10.5 Å². The zero-order valence-corrected chi connectivity index (χ0v) is 19.3. The minimum absolute atomic E-state index is 0.179. The molecule has 6 rings (SSSR count). The van der Waals surface area contributed by atoms with Gasteiger partial charge in [-0.2, -0.15) is 0 Å². The van der Waals surface area contributed by atoms with Gasteiger partial charge < -0.3 is 0 Å². The molecule has 156 valence electrons. The SMILES string of the molecule is CCc1cc(CC)c2c(c1)c(=O)c1ccccc1[s+]2-c1ccc2c(c1)Cc1ccccc1-2. The first-order valence-electron chi connectivity index (χ1n) is 11.4. The van der Waals surface area contributed by atoms with E-state index in [9.17, 15) is 4.79 Å². The first-order valence-corrected chi connectivity index (χ1v) is 12.7. The first-order chi connectivity index (χ1) is 15.7. The Morgan fingerprint density at radius 1 is 0.750 bits per heavy atom. The molecule has 0 amide bonds. The average Bonchev–Trinajstić information content (AvgIpc) is 3.21. The summed E-state index contributed by atoms with van der Waals surface area (Å²) in [6, 6.07) is 28.4. The van der Waals surface area contributed by atoms with Crippen LogP contribution in [0.5, 0.6) is 0 Å². The minimum atomic E-state index is -0.279. The van der Waals surface area contributed by atoms with Crippen molar-refractivity contribution in [3.63, 3.8) is 0 Å². The highest BCUT2D eigenvalue weighted by Crippen LogP contribution is 2.47. The van der Waals surface area contributed by atoms with E-state index >= 15 is 0 Å². The van der Waals surface area contributed by atoms with Gasteiger partial charge in [0.15, 0.2) is 14.3 Å². The average molecular weight is 434 g/mol. The molecule has 0 aliphatic heterocycles. The normalized spacial score (nSPS) is 12.9. The summed E-state index contributed by atoms with van der Waals surface area (Å²) in [5, 5.41) is 1.77. The standard InChI is InChI=1S/C30H25OS/c1-3-19-15-20(4-2)30-27(16-19)29(31)26-11-7-8-12-28(26)32(30)23-13-14-25-22(18-23)17-21-9-5-6-10-24(21)25/h5-16,18H,3-4,17H2,1-2H3/q+1. The molecule has 4 aromatic carbocycles. The van der Waals surface area contributed by atoms with E-state index in [1.165, 1.54) is 47.7 Å². The highest BCUT2D eigenvalue weighted by molar-refractivity contribution is 7.49. The second-order valence-corrected chi connectivity index (χ2v) is 10.6. The van der Waals surface area contributed by atoms with E-state index in [1.807, 2.05) is 12.1 Å². The highest BCUT2D eigenvalue weighted by atomic mass is 32.2. The summed E-state index contributed by atoms with van der Waals surface area (Å²) in [7, 11) is -0.279. The predicted molar refractivity (Wildman–Crippen MR) is 139 cm³/mol. The lowest BCUT2D eigenvalue weighted by molar-refractivity contribution is 1.10. The zero-order chi connectivity index (χ0) is 21.8. The number of hydrogen-bond acceptors (Lipinski definition) is 1. The number of rotatable bonds is 3. The molecule has 1 atom stereocenters. The lowest BCUT2D eigenvalue weighted by Gasteiger charge is -2.09. The van der Waals surface area contributed by atoms with Crippen molar-refractivity contribution in [3.05, 3.63) is 111 Å². The van der Waals surface area contributed by atoms with Crippen LogP contribution in [-0.2, 0) is 19.3 Å². The summed E-state index contributed by atoms with van der Waals surface area (Å²) < 4.78 is 2.41. The minimum Gasteiger partial charge on any atom is -0.288 e. The highest BCUT2D eigenvalue weighted by Gasteiger charge is 2.27. The fourth-order valence-electron chi connectivity index (χ4n) is 5.21. The number of aryl methyl sites for hydroxylation is 2. The van der Waals surface area contributed by atoms with Crippen molar-refractivity contribution in [1.29, 1.82) is 0 Å². The fraction of sp³-hybridized carbons (Fsp3) is 0.167. The number of hydrogen-bond donors (Lipinski definition) is 0. The maximum Gasteiger partial charge on any atom is 0.204 e. The maximum absolute atomic E-state index is 13.6. The van der Waals surface area contributed by atoms with E-state index in [0.717, 1.165) is 30.0 Å². The van der Waals surface area contributed by atoms with Crippen LogP contribution in [-0.4, -0.2) is 0 Å². The van der Waals surface area contributed by atoms with Crippen LogP contribution in [0.4, 0.5) is 0 Å². The third-order valence-electron chi connectivity index (χ3n) is 6.82. The van der Waals surface area contributed by atoms with Crippen molar-refractivity contribution < 1.29 is 0 Å². The fourth-order valence-corrected chi connectivity index (χ4v) is 7.82. The van der Waals surface area contributed by atoms with Crippen LogP contribution < -0.4 is 5.43 Å². The van der Waals surface area contributed by atoms with Gasteiger partial charge in [-0.1, -0.05) is 56.3 Å². The summed E-state index contributed by atoms with van der Waals surface area (Å²) >= 11 is 0. The third-order valence-corrected chi connectivity index (χ3v) is 9.23. The summed E-state index contributed by atoms with van der Waals surface area (Å²) in [4.78, 5) is 14.9. The second kappa shape index (κ2) is 7.43. The van der Waals surface area contributed by atoms with E-state index in [4.69, 9.17) is 0 Å². The zero-order valence-electron chi connectivity index (χ0n) is 18.4. The molecule has 1 nitrogen and oxygen atoms in total. The predicted octanol–water partition coefficient (Wildman–Crippen LogP) is 7.79. The van der Waals surface area contributed by atoms with Gasteiger partial charge in [0.1, 0.15) is 0 Å². The van der Waals surface area contributed by atoms with Gasteiger partial charge in [0.25, 0.3) is 0 Å². The Kier molecular flexibility index (Phi) is 4.51. The lowest BCUT2D eigenvalue weighted by atomic mass is 10.0. The van der Waals surface area contributed by atoms with Crippen LogP contribution in [0.1, 0.15) is 36.1 Å². The van der Waals surface area contributed by atoms with Gasteiger partial charge in [0.05, 0.1) is 10.8 Å². The van der Waals surface area contributed by atoms with Crippen LogP contribution in [0.25, 0.3) is 36.2 Å². The summed E-state index contributed by atoms with van der Waals surface area (Å²) in [5.41, 5.74) is 8.26. The molecule has 0 N–H and O–H groups in total. The van der Waals surface area contributed by atoms with Crippen molar-refractivity contribution in [2.45, 2.75) is 33.1 Å². The van der Waals surface area contributed by atoms with Crippen LogP contribution in [0.2, 0.25) is 0 Å². The molecule has 0 saturated heterocycles. The first kappa shape index (κ1) is 19.5. The summed E-state index contributed by atoms with van der Waals surface area (Å²) in [6.45, 7) is 4.38. The molecule has 32 heavy (non-hydrogen) atoms. The van der Waals surface area contributed by atoms with Crippen molar-refractivity contribution in [1.82, 2.24) is 0 Å². The van der Waals surface area contributed by atoms with Gasteiger partial charge in [-0.25, -0.2) is 0 Å². The van der Waals surface area contributed by atoms with Gasteiger partial charge in [0.2, 0.25) is 5.43 Å². The Morgan fingerprint density at radius 3 is 2.38 bits per heavy atom. The lowest BCUT2D eigenvalue weighted by Crippen LogP contribution is -2.05. The second-order valence-electron chi connectivity index (χ2n) is 8.62. The molecule has 5 aromatic rings. The smallest absolute Gasteiger partial charge is 0.204 e. The van der Waals surface area contributed by atoms with Gasteiger partial charge in [-0.05, 0) is 77.4 Å². The molecule has 1 aromatic heterocycles. The Morgan fingerprint density at radius 2 is 1.53 bits per heavy atom. The Bertz CT molecular complexity index is 1590. The van der Waals surface area contributed by atoms with Crippen LogP contribution in [0.15, 0.2) is 83.7 Å². The van der Waals surface area contributed by atoms with E-state index in [-0.39, 0.29) is 15.9 Å². The van der Waals surface area contributed by atoms with Gasteiger partial charge in [-0.3, -0.25) is 4.79 Å². The van der Waals surface area contributed by atoms with Gasteiger partial charge >= 0.3 is 0 Å². The molecule has 2 heteroatoms. The topological polar surface area (TPSA) is 17.1 Å². The van der Waals surface area contributed by atoms with E-state index in [1.54, 1.807) is 0 Å². The molecular formula is C30H25OS+. The molecule has 0 radical (unpaired) electrons. The van der Waals surface area contributed by atoms with Crippen LogP contribution in [0.3, 0.4) is 0 Å². The molecule has 1 unspecified atom stereocenters. The molecule has 0 saturated carbocycles. The van der Waals surface area contributed by atoms with E-state index in [0.29, 0.717) is 0 Å². The largest absolute Gasteiger partial charge is 0.288 e. The Balaban J connectivity index is 1.72. The monoisotopic (exact) mass is 433 g/mol. The summed E-state index contributed by atoms with van der Waals surface area (Å²) in [6.07, 6.45) is 2.87. The molecule has 0 bridgehead atoms. The number of fused-ring (bicyclic) bond motifs is 5. The molecular weight excluding hydrogens is 408 g/mol. The van der Waals surface area contributed by atoms with Crippen LogP contribution in [0, 0.1) is 0 Å². The summed E-state index contributed by atoms with van der Waals surface area (Å²) in [5.74, 6) is 0. The van der Waals surface area contributed by atoms with Crippen molar-refractivity contribution in [2.75, 3.05) is 0 Å². The quantitative estimate of drug-likeness (QED) is 0.206. The van der Waals surface area contributed by atoms with Crippen molar-refractivity contribution in [2.24, 2.45) is 0 Å². The van der Waals surface area contributed by atoms with Crippen molar-refractivity contribution >= 4 is 30.6 Å². The van der Waals surface area contributed by atoms with Gasteiger partial charge in [-0.15, -0.1) is 0 Å². The van der Waals surface area contributed by atoms with E-state index in [2.05, 4.69) is 80.6 Å². The molecule has 1 aliphatic rings. The van der Waals surface area contributed by atoms with Crippen molar-refractivity contribution in [3.8, 4) is 16.0 Å². The Hall–Kier alpha value is -3.23. The maximum atomic E-state index is 13.6. The number of benzene rings is 4. The van der Waals surface area contributed by atoms with E-state index < -0.39 is 0 Å². The molecule has 1 heterocycles.